The van der Waals surface area contributed by atoms with Gasteiger partial charge in [-0.05, 0) is 49.8 Å². The molecule has 1 aliphatic heterocycles. The van der Waals surface area contributed by atoms with Gasteiger partial charge in [0.25, 0.3) is 0 Å². The number of fused-ring (bicyclic) bond motifs is 1. The molecule has 1 fully saturated rings. The molecule has 0 spiro atoms. The molecule has 3 rings (SSSR count). The van der Waals surface area contributed by atoms with Crippen molar-refractivity contribution in [3.63, 3.8) is 0 Å². The molecular weight excluding hydrogens is 248 g/mol. The normalized spacial score (nSPS) is 29.3. The average molecular weight is 272 g/mol. The van der Waals surface area contributed by atoms with Crippen molar-refractivity contribution in [2.75, 3.05) is 6.54 Å². The van der Waals surface area contributed by atoms with E-state index in [1.807, 2.05) is 0 Å². The van der Waals surface area contributed by atoms with Crippen molar-refractivity contribution < 1.29 is 4.79 Å². The van der Waals surface area contributed by atoms with Crippen LogP contribution in [0.15, 0.2) is 24.3 Å². The van der Waals surface area contributed by atoms with Crippen LogP contribution in [0.4, 0.5) is 0 Å². The Bertz CT molecular complexity index is 500. The Labute approximate surface area is 121 Å². The zero-order chi connectivity index (χ0) is 14.1. The number of nitrogens with zero attached hydrogens (tertiary/aromatic N) is 1. The fourth-order valence-electron chi connectivity index (χ4n) is 3.83. The molecule has 1 aromatic carbocycles. The number of nitrogens with two attached hydrogens (primary N) is 1. The van der Waals surface area contributed by atoms with Gasteiger partial charge in [0.1, 0.15) is 0 Å². The highest BCUT2D eigenvalue weighted by molar-refractivity contribution is 5.80. The minimum atomic E-state index is 0.160. The second-order valence-electron chi connectivity index (χ2n) is 6.32. The summed E-state index contributed by atoms with van der Waals surface area (Å²) in [5.74, 6) is 0.888. The van der Waals surface area contributed by atoms with E-state index in [1.54, 1.807) is 0 Å². The summed E-state index contributed by atoms with van der Waals surface area (Å²) in [5, 5.41) is 0. The molecule has 0 bridgehead atoms. The molecule has 0 radical (unpaired) electrons. The van der Waals surface area contributed by atoms with Crippen LogP contribution in [0.5, 0.6) is 0 Å². The fourth-order valence-corrected chi connectivity index (χ4v) is 3.83. The minimum absolute atomic E-state index is 0.160. The number of benzene rings is 1. The van der Waals surface area contributed by atoms with Crippen molar-refractivity contribution >= 4 is 5.91 Å². The SMILES string of the molecule is CC1Cc2ccccc2CN1C(=O)[C@@H]1CCC[C@@H]1CN. The van der Waals surface area contributed by atoms with Gasteiger partial charge in [-0.2, -0.15) is 0 Å². The van der Waals surface area contributed by atoms with Gasteiger partial charge in [0.2, 0.25) is 5.91 Å². The van der Waals surface area contributed by atoms with Crippen LogP contribution in [0.2, 0.25) is 0 Å². The zero-order valence-electron chi connectivity index (χ0n) is 12.2. The number of hydrogen-bond acceptors (Lipinski definition) is 2. The van der Waals surface area contributed by atoms with Crippen molar-refractivity contribution in [2.45, 2.75) is 45.2 Å². The molecule has 2 N–H and O–H groups in total. The van der Waals surface area contributed by atoms with E-state index in [1.165, 1.54) is 11.1 Å². The molecule has 0 aromatic heterocycles. The molecule has 1 unspecified atom stereocenters. The van der Waals surface area contributed by atoms with E-state index in [9.17, 15) is 4.79 Å². The van der Waals surface area contributed by atoms with Crippen LogP contribution < -0.4 is 5.73 Å². The van der Waals surface area contributed by atoms with Crippen LogP contribution in [-0.2, 0) is 17.8 Å². The summed E-state index contributed by atoms with van der Waals surface area (Å²) >= 11 is 0. The number of carbonyl (C=O) groups excluding carboxylic acids is 1. The summed E-state index contributed by atoms with van der Waals surface area (Å²) < 4.78 is 0. The molecule has 1 amide bonds. The van der Waals surface area contributed by atoms with E-state index in [4.69, 9.17) is 5.73 Å². The number of rotatable bonds is 2. The Morgan fingerprint density at radius 2 is 2.05 bits per heavy atom. The Kier molecular flexibility index (Phi) is 3.79. The van der Waals surface area contributed by atoms with Gasteiger partial charge in [-0.25, -0.2) is 0 Å². The molecule has 3 atom stereocenters. The molecule has 3 heteroatoms. The summed E-state index contributed by atoms with van der Waals surface area (Å²) in [6.45, 7) is 3.58. The van der Waals surface area contributed by atoms with E-state index >= 15 is 0 Å². The lowest BCUT2D eigenvalue weighted by atomic mass is 9.90. The molecule has 3 nitrogen and oxygen atoms in total. The molecule has 2 aliphatic rings. The second-order valence-corrected chi connectivity index (χ2v) is 6.32. The number of amides is 1. The molecule has 1 aliphatic carbocycles. The third-order valence-corrected chi connectivity index (χ3v) is 5.07. The highest BCUT2D eigenvalue weighted by atomic mass is 16.2. The Balaban J connectivity index is 1.79. The van der Waals surface area contributed by atoms with Gasteiger partial charge >= 0.3 is 0 Å². The summed E-state index contributed by atoms with van der Waals surface area (Å²) in [4.78, 5) is 14.9. The molecule has 0 saturated heterocycles. The molecule has 1 aromatic rings. The van der Waals surface area contributed by atoms with Crippen molar-refractivity contribution in [1.82, 2.24) is 4.90 Å². The topological polar surface area (TPSA) is 46.3 Å². The van der Waals surface area contributed by atoms with E-state index < -0.39 is 0 Å². The van der Waals surface area contributed by atoms with Crippen molar-refractivity contribution in [3.05, 3.63) is 35.4 Å². The van der Waals surface area contributed by atoms with Gasteiger partial charge in [-0.1, -0.05) is 30.7 Å². The first-order chi connectivity index (χ1) is 9.70. The molecule has 108 valence electrons. The fraction of sp³-hybridized carbons (Fsp3) is 0.588. The lowest BCUT2D eigenvalue weighted by Crippen LogP contribution is -2.46. The predicted molar refractivity (Wildman–Crippen MR) is 80.0 cm³/mol. The first-order valence-corrected chi connectivity index (χ1v) is 7.78. The monoisotopic (exact) mass is 272 g/mol. The maximum Gasteiger partial charge on any atom is 0.226 e. The Hall–Kier alpha value is -1.35. The highest BCUT2D eigenvalue weighted by Crippen LogP contribution is 2.34. The molecule has 1 heterocycles. The van der Waals surface area contributed by atoms with Crippen molar-refractivity contribution in [1.29, 1.82) is 0 Å². The molecular formula is C17H24N2O. The van der Waals surface area contributed by atoms with Gasteiger partial charge in [-0.15, -0.1) is 0 Å². The Morgan fingerprint density at radius 3 is 2.80 bits per heavy atom. The van der Waals surface area contributed by atoms with Crippen LogP contribution in [0.25, 0.3) is 0 Å². The predicted octanol–water partition coefficient (Wildman–Crippen LogP) is 2.33. The third kappa shape index (κ3) is 2.35. The largest absolute Gasteiger partial charge is 0.335 e. The number of hydrogen-bond donors (Lipinski definition) is 1. The van der Waals surface area contributed by atoms with Crippen LogP contribution in [0.3, 0.4) is 0 Å². The van der Waals surface area contributed by atoms with E-state index in [0.29, 0.717) is 24.4 Å². The van der Waals surface area contributed by atoms with Gasteiger partial charge in [0, 0.05) is 18.5 Å². The maximum atomic E-state index is 12.9. The van der Waals surface area contributed by atoms with Crippen LogP contribution in [0, 0.1) is 11.8 Å². The zero-order valence-corrected chi connectivity index (χ0v) is 12.2. The minimum Gasteiger partial charge on any atom is -0.335 e. The smallest absolute Gasteiger partial charge is 0.226 e. The molecule has 20 heavy (non-hydrogen) atoms. The van der Waals surface area contributed by atoms with E-state index in [2.05, 4.69) is 36.1 Å². The summed E-state index contributed by atoms with van der Waals surface area (Å²) in [6.07, 6.45) is 4.26. The molecule has 1 saturated carbocycles. The van der Waals surface area contributed by atoms with Crippen molar-refractivity contribution in [3.8, 4) is 0 Å². The lowest BCUT2D eigenvalue weighted by molar-refractivity contribution is -0.139. The second kappa shape index (κ2) is 5.57. The lowest BCUT2D eigenvalue weighted by Gasteiger charge is -2.37. The van der Waals surface area contributed by atoms with Gasteiger partial charge < -0.3 is 10.6 Å². The van der Waals surface area contributed by atoms with Gasteiger partial charge in [0.15, 0.2) is 0 Å². The average Bonchev–Trinajstić information content (AvgIpc) is 2.94. The quantitative estimate of drug-likeness (QED) is 0.898. The summed E-state index contributed by atoms with van der Waals surface area (Å²) in [5.41, 5.74) is 8.53. The van der Waals surface area contributed by atoms with Crippen LogP contribution >= 0.6 is 0 Å². The summed E-state index contributed by atoms with van der Waals surface area (Å²) in [6, 6.07) is 8.79. The van der Waals surface area contributed by atoms with E-state index in [-0.39, 0.29) is 5.92 Å². The number of carbonyl (C=O) groups is 1. The van der Waals surface area contributed by atoms with Crippen molar-refractivity contribution in [2.24, 2.45) is 17.6 Å². The van der Waals surface area contributed by atoms with E-state index in [0.717, 1.165) is 32.2 Å². The third-order valence-electron chi connectivity index (χ3n) is 5.07. The van der Waals surface area contributed by atoms with Gasteiger partial charge in [-0.3, -0.25) is 4.79 Å². The first-order valence-electron chi connectivity index (χ1n) is 7.78. The standard InChI is InChI=1S/C17H24N2O/c1-12-9-13-5-2-3-6-15(13)11-19(12)17(20)16-8-4-7-14(16)10-18/h2-3,5-6,12,14,16H,4,7-11,18H2,1H3/t12?,14-,16-/m1/s1. The maximum absolute atomic E-state index is 12.9. The van der Waals surface area contributed by atoms with Crippen LogP contribution in [-0.4, -0.2) is 23.4 Å². The summed E-state index contributed by atoms with van der Waals surface area (Å²) in [7, 11) is 0. The van der Waals surface area contributed by atoms with Gasteiger partial charge in [0.05, 0.1) is 0 Å². The first kappa shape index (κ1) is 13.6. The highest BCUT2D eigenvalue weighted by Gasteiger charge is 2.37. The van der Waals surface area contributed by atoms with Crippen LogP contribution in [0.1, 0.15) is 37.3 Å². The Morgan fingerprint density at radius 1 is 1.30 bits per heavy atom.